The van der Waals surface area contributed by atoms with Crippen LogP contribution in [0.25, 0.3) is 0 Å². The second kappa shape index (κ2) is 6.17. The van der Waals surface area contributed by atoms with Gasteiger partial charge in [0.05, 0.1) is 22.3 Å². The highest BCUT2D eigenvalue weighted by atomic mass is 35.5. The number of hydrogen-bond donors (Lipinski definition) is 1. The van der Waals surface area contributed by atoms with E-state index in [-0.39, 0.29) is 5.54 Å². The van der Waals surface area contributed by atoms with E-state index in [9.17, 15) is 0 Å². The van der Waals surface area contributed by atoms with Crippen LogP contribution in [-0.4, -0.2) is 15.3 Å². The lowest BCUT2D eigenvalue weighted by molar-refractivity contribution is 0.414. The third-order valence-corrected chi connectivity index (χ3v) is 3.66. The van der Waals surface area contributed by atoms with Crippen molar-refractivity contribution in [1.29, 1.82) is 0 Å². The topological polar surface area (TPSA) is 29.9 Å². The Labute approximate surface area is 129 Å². The van der Waals surface area contributed by atoms with E-state index in [2.05, 4.69) is 31.2 Å². The fraction of sp³-hybridized carbons (Fsp3) is 0.400. The van der Waals surface area contributed by atoms with E-state index in [1.54, 1.807) is 0 Å². The molecular formula is C15H19Cl2N3. The van der Waals surface area contributed by atoms with Crippen LogP contribution in [0.3, 0.4) is 0 Å². The van der Waals surface area contributed by atoms with Gasteiger partial charge in [-0.1, -0.05) is 29.3 Å². The lowest BCUT2D eigenvalue weighted by Crippen LogP contribution is -2.35. The molecule has 2 rings (SSSR count). The largest absolute Gasteiger partial charge is 0.306 e. The number of halogens is 2. The zero-order valence-corrected chi connectivity index (χ0v) is 13.5. The molecule has 2 aromatic rings. The van der Waals surface area contributed by atoms with Crippen molar-refractivity contribution in [3.05, 3.63) is 51.8 Å². The van der Waals surface area contributed by atoms with Crippen molar-refractivity contribution in [2.75, 3.05) is 0 Å². The third-order valence-electron chi connectivity index (χ3n) is 2.92. The molecule has 0 bridgehead atoms. The minimum atomic E-state index is 0.0820. The van der Waals surface area contributed by atoms with E-state index in [4.69, 9.17) is 23.2 Å². The molecule has 0 fully saturated rings. The van der Waals surface area contributed by atoms with E-state index in [0.717, 1.165) is 17.8 Å². The summed E-state index contributed by atoms with van der Waals surface area (Å²) >= 11 is 12.0. The summed E-state index contributed by atoms with van der Waals surface area (Å²) in [7, 11) is 0. The summed E-state index contributed by atoms with van der Waals surface area (Å²) in [5.41, 5.74) is 2.31. The van der Waals surface area contributed by atoms with Crippen molar-refractivity contribution < 1.29 is 0 Å². The summed E-state index contributed by atoms with van der Waals surface area (Å²) in [4.78, 5) is 0. The lowest BCUT2D eigenvalue weighted by Gasteiger charge is -2.20. The van der Waals surface area contributed by atoms with Crippen molar-refractivity contribution >= 4 is 23.2 Å². The maximum atomic E-state index is 6.04. The minimum Gasteiger partial charge on any atom is -0.306 e. The standard InChI is InChI=1S/C15H19Cl2N3/c1-15(2,3)18-9-12-6-7-19-20(12)10-11-4-5-13(16)14(17)8-11/h4-8,18H,9-10H2,1-3H3. The molecule has 0 spiro atoms. The molecule has 0 saturated carbocycles. The molecule has 1 N–H and O–H groups in total. The summed E-state index contributed by atoms with van der Waals surface area (Å²) in [5, 5.41) is 8.98. The van der Waals surface area contributed by atoms with Gasteiger partial charge in [-0.05, 0) is 44.5 Å². The zero-order chi connectivity index (χ0) is 14.8. The van der Waals surface area contributed by atoms with Gasteiger partial charge < -0.3 is 5.32 Å². The summed E-state index contributed by atoms with van der Waals surface area (Å²) < 4.78 is 1.97. The molecular weight excluding hydrogens is 293 g/mol. The van der Waals surface area contributed by atoms with E-state index < -0.39 is 0 Å². The summed E-state index contributed by atoms with van der Waals surface area (Å²) in [5.74, 6) is 0. The van der Waals surface area contributed by atoms with Crippen molar-refractivity contribution in [1.82, 2.24) is 15.1 Å². The molecule has 0 aliphatic rings. The smallest absolute Gasteiger partial charge is 0.0663 e. The predicted molar refractivity (Wildman–Crippen MR) is 84.4 cm³/mol. The molecule has 0 unspecified atom stereocenters. The van der Waals surface area contributed by atoms with Gasteiger partial charge in [0, 0.05) is 18.3 Å². The van der Waals surface area contributed by atoms with Crippen molar-refractivity contribution in [3.63, 3.8) is 0 Å². The van der Waals surface area contributed by atoms with Crippen LogP contribution >= 0.6 is 23.2 Å². The van der Waals surface area contributed by atoms with Crippen molar-refractivity contribution in [3.8, 4) is 0 Å². The molecule has 3 nitrogen and oxygen atoms in total. The average molecular weight is 312 g/mol. The quantitative estimate of drug-likeness (QED) is 0.920. The summed E-state index contributed by atoms with van der Waals surface area (Å²) in [6.07, 6.45) is 1.82. The van der Waals surface area contributed by atoms with Crippen LogP contribution in [0.15, 0.2) is 30.5 Å². The van der Waals surface area contributed by atoms with Crippen LogP contribution in [0.2, 0.25) is 10.0 Å². The molecule has 0 saturated heterocycles. The second-order valence-corrected chi connectivity index (χ2v) is 6.65. The number of rotatable bonds is 4. The first kappa shape index (κ1) is 15.4. The van der Waals surface area contributed by atoms with Gasteiger partial charge in [0.25, 0.3) is 0 Å². The van der Waals surface area contributed by atoms with Crippen LogP contribution in [0.1, 0.15) is 32.0 Å². The predicted octanol–water partition coefficient (Wildman–Crippen LogP) is 4.13. The number of aromatic nitrogens is 2. The van der Waals surface area contributed by atoms with Crippen LogP contribution in [-0.2, 0) is 13.1 Å². The molecule has 5 heteroatoms. The van der Waals surface area contributed by atoms with Gasteiger partial charge in [0.2, 0.25) is 0 Å². The maximum absolute atomic E-state index is 6.04. The molecule has 0 radical (unpaired) electrons. The zero-order valence-electron chi connectivity index (χ0n) is 12.0. The molecule has 1 aromatic carbocycles. The highest BCUT2D eigenvalue weighted by molar-refractivity contribution is 6.42. The Hall–Kier alpha value is -1.03. The van der Waals surface area contributed by atoms with Gasteiger partial charge >= 0.3 is 0 Å². The first-order chi connectivity index (χ1) is 9.35. The monoisotopic (exact) mass is 311 g/mol. The number of nitrogens with one attached hydrogen (secondary N) is 1. The Balaban J connectivity index is 2.10. The SMILES string of the molecule is CC(C)(C)NCc1ccnn1Cc1ccc(Cl)c(Cl)c1. The number of hydrogen-bond acceptors (Lipinski definition) is 2. The normalized spacial score (nSPS) is 11.8. The maximum Gasteiger partial charge on any atom is 0.0663 e. The van der Waals surface area contributed by atoms with Crippen molar-refractivity contribution in [2.24, 2.45) is 0 Å². The summed E-state index contributed by atoms with van der Waals surface area (Å²) in [6, 6.07) is 7.69. The van der Waals surface area contributed by atoms with Crippen LogP contribution in [0.4, 0.5) is 0 Å². The van der Waals surface area contributed by atoms with Gasteiger partial charge in [-0.2, -0.15) is 5.10 Å². The lowest BCUT2D eigenvalue weighted by atomic mass is 10.1. The molecule has 1 aromatic heterocycles. The van der Waals surface area contributed by atoms with Crippen LogP contribution in [0, 0.1) is 0 Å². The van der Waals surface area contributed by atoms with E-state index in [1.165, 1.54) is 0 Å². The summed E-state index contributed by atoms with van der Waals surface area (Å²) in [6.45, 7) is 7.90. The molecule has 1 heterocycles. The highest BCUT2D eigenvalue weighted by Crippen LogP contribution is 2.23. The van der Waals surface area contributed by atoms with Gasteiger partial charge in [0.15, 0.2) is 0 Å². The molecule has 108 valence electrons. The fourth-order valence-electron chi connectivity index (χ4n) is 1.82. The highest BCUT2D eigenvalue weighted by Gasteiger charge is 2.11. The Morgan fingerprint density at radius 1 is 1.15 bits per heavy atom. The van der Waals surface area contributed by atoms with Crippen molar-refractivity contribution in [2.45, 2.75) is 39.4 Å². The van der Waals surface area contributed by atoms with E-state index >= 15 is 0 Å². The molecule has 20 heavy (non-hydrogen) atoms. The minimum absolute atomic E-state index is 0.0820. The Morgan fingerprint density at radius 2 is 1.90 bits per heavy atom. The van der Waals surface area contributed by atoms with E-state index in [0.29, 0.717) is 16.6 Å². The Bertz CT molecular complexity index is 585. The van der Waals surface area contributed by atoms with Gasteiger partial charge in [-0.3, -0.25) is 4.68 Å². The van der Waals surface area contributed by atoms with Gasteiger partial charge in [-0.25, -0.2) is 0 Å². The number of benzene rings is 1. The van der Waals surface area contributed by atoms with Gasteiger partial charge in [-0.15, -0.1) is 0 Å². The molecule has 0 aliphatic carbocycles. The first-order valence-electron chi connectivity index (χ1n) is 6.55. The molecule has 0 aliphatic heterocycles. The third kappa shape index (κ3) is 4.23. The second-order valence-electron chi connectivity index (χ2n) is 5.83. The van der Waals surface area contributed by atoms with Gasteiger partial charge in [0.1, 0.15) is 0 Å². The first-order valence-corrected chi connectivity index (χ1v) is 7.30. The van der Waals surface area contributed by atoms with Crippen LogP contribution in [0.5, 0.6) is 0 Å². The Kier molecular flexibility index (Phi) is 4.74. The van der Waals surface area contributed by atoms with Crippen LogP contribution < -0.4 is 5.32 Å². The molecule has 0 atom stereocenters. The van der Waals surface area contributed by atoms with E-state index in [1.807, 2.05) is 35.1 Å². The number of nitrogens with zero attached hydrogens (tertiary/aromatic N) is 2. The fourth-order valence-corrected chi connectivity index (χ4v) is 2.14. The Morgan fingerprint density at radius 3 is 2.55 bits per heavy atom. The molecule has 0 amide bonds. The average Bonchev–Trinajstić information content (AvgIpc) is 2.78.